The monoisotopic (exact) mass is 533 g/mol. The molecule has 0 aromatic heterocycles. The van der Waals surface area contributed by atoms with E-state index in [1.54, 1.807) is 43.5 Å². The van der Waals surface area contributed by atoms with Crippen molar-refractivity contribution in [3.05, 3.63) is 48.0 Å². The molecule has 202 valence electrons. The van der Waals surface area contributed by atoms with Gasteiger partial charge in [-0.25, -0.2) is 8.42 Å². The molecule has 1 aliphatic heterocycles. The topological polar surface area (TPSA) is 114 Å². The van der Waals surface area contributed by atoms with Crippen LogP contribution in [0.5, 0.6) is 17.2 Å². The molecule has 1 N–H and O–H groups in total. The molecule has 0 spiro atoms. The lowest BCUT2D eigenvalue weighted by Crippen LogP contribution is -2.55. The Morgan fingerprint density at radius 3 is 2.30 bits per heavy atom. The normalized spacial score (nSPS) is 13.6. The summed E-state index contributed by atoms with van der Waals surface area (Å²) in [6.07, 6.45) is 1.37. The number of sulfonamides is 1. The first-order chi connectivity index (χ1) is 17.3. The molecule has 0 fully saturated rings. The molecule has 2 amide bonds. The molecule has 1 aliphatic rings. The molecular weight excluding hydrogens is 498 g/mol. The third kappa shape index (κ3) is 7.28. The van der Waals surface area contributed by atoms with Crippen LogP contribution in [-0.2, 0) is 26.2 Å². The van der Waals surface area contributed by atoms with Crippen molar-refractivity contribution in [2.24, 2.45) is 0 Å². The van der Waals surface area contributed by atoms with E-state index < -0.39 is 34.1 Å². The van der Waals surface area contributed by atoms with E-state index in [9.17, 15) is 18.0 Å². The number of nitrogens with zero attached hydrogens (tertiary/aromatic N) is 2. The Labute approximate surface area is 218 Å². The van der Waals surface area contributed by atoms with Crippen molar-refractivity contribution in [2.75, 3.05) is 31.0 Å². The number of hydrogen-bond acceptors (Lipinski definition) is 7. The van der Waals surface area contributed by atoms with Crippen molar-refractivity contribution in [1.29, 1.82) is 0 Å². The number of methoxy groups -OCH3 is 1. The maximum absolute atomic E-state index is 13.8. The van der Waals surface area contributed by atoms with Crippen molar-refractivity contribution >= 4 is 27.5 Å². The van der Waals surface area contributed by atoms with Gasteiger partial charge in [0, 0.05) is 18.2 Å². The minimum absolute atomic E-state index is 0.0350. The molecule has 0 saturated heterocycles. The SMILES string of the molecule is CC[C@@H](C(=O)NC(C)(C)C)N(Cc1ccc(OC)cc1)C(=O)CN(c1ccc2c(c1)OCO2)S(C)(=O)=O. The van der Waals surface area contributed by atoms with Crippen molar-refractivity contribution in [2.45, 2.75) is 52.2 Å². The second-order valence-electron chi connectivity index (χ2n) is 9.84. The van der Waals surface area contributed by atoms with Gasteiger partial charge in [0.15, 0.2) is 11.5 Å². The number of hydrogen-bond donors (Lipinski definition) is 1. The van der Waals surface area contributed by atoms with Gasteiger partial charge in [-0.3, -0.25) is 13.9 Å². The van der Waals surface area contributed by atoms with Gasteiger partial charge in [-0.15, -0.1) is 0 Å². The van der Waals surface area contributed by atoms with Crippen LogP contribution in [0.15, 0.2) is 42.5 Å². The predicted octanol–water partition coefficient (Wildman–Crippen LogP) is 2.91. The van der Waals surface area contributed by atoms with Gasteiger partial charge >= 0.3 is 0 Å². The molecule has 0 saturated carbocycles. The van der Waals surface area contributed by atoms with E-state index >= 15 is 0 Å². The van der Waals surface area contributed by atoms with Crippen LogP contribution in [0.3, 0.4) is 0 Å². The first-order valence-electron chi connectivity index (χ1n) is 11.9. The molecule has 10 nitrogen and oxygen atoms in total. The molecule has 2 aromatic carbocycles. The van der Waals surface area contributed by atoms with Crippen LogP contribution in [0.25, 0.3) is 0 Å². The van der Waals surface area contributed by atoms with Gasteiger partial charge in [-0.2, -0.15) is 0 Å². The molecule has 3 rings (SSSR count). The Morgan fingerprint density at radius 1 is 1.08 bits per heavy atom. The second-order valence-corrected chi connectivity index (χ2v) is 11.7. The third-order valence-electron chi connectivity index (χ3n) is 5.72. The number of carbonyl (C=O) groups is 2. The van der Waals surface area contributed by atoms with E-state index in [2.05, 4.69) is 5.32 Å². The molecule has 37 heavy (non-hydrogen) atoms. The molecule has 11 heteroatoms. The van der Waals surface area contributed by atoms with Crippen molar-refractivity contribution in [1.82, 2.24) is 10.2 Å². The summed E-state index contributed by atoms with van der Waals surface area (Å²) in [5.74, 6) is 0.713. The summed E-state index contributed by atoms with van der Waals surface area (Å²) in [6.45, 7) is 7.04. The van der Waals surface area contributed by atoms with E-state index in [0.717, 1.165) is 16.1 Å². The Morgan fingerprint density at radius 2 is 1.73 bits per heavy atom. The van der Waals surface area contributed by atoms with Crippen LogP contribution in [0.4, 0.5) is 5.69 Å². The van der Waals surface area contributed by atoms with Crippen molar-refractivity contribution in [3.63, 3.8) is 0 Å². The number of rotatable bonds is 10. The highest BCUT2D eigenvalue weighted by Crippen LogP contribution is 2.36. The summed E-state index contributed by atoms with van der Waals surface area (Å²) >= 11 is 0. The van der Waals surface area contributed by atoms with E-state index in [-0.39, 0.29) is 24.9 Å². The highest BCUT2D eigenvalue weighted by molar-refractivity contribution is 7.92. The summed E-state index contributed by atoms with van der Waals surface area (Å²) < 4.78 is 42.5. The Hall–Kier alpha value is -3.47. The highest BCUT2D eigenvalue weighted by atomic mass is 32.2. The van der Waals surface area contributed by atoms with Crippen LogP contribution in [0.1, 0.15) is 39.7 Å². The van der Waals surface area contributed by atoms with E-state index in [1.807, 2.05) is 27.7 Å². The van der Waals surface area contributed by atoms with Crippen molar-refractivity contribution in [3.8, 4) is 17.2 Å². The molecule has 0 unspecified atom stereocenters. The van der Waals surface area contributed by atoms with Crippen LogP contribution < -0.4 is 23.8 Å². The quantitative estimate of drug-likeness (QED) is 0.499. The maximum Gasteiger partial charge on any atom is 0.244 e. The Bertz CT molecular complexity index is 1220. The second kappa shape index (κ2) is 11.3. The number of fused-ring (bicyclic) bond motifs is 1. The first-order valence-corrected chi connectivity index (χ1v) is 13.8. The fraction of sp³-hybridized carbons (Fsp3) is 0.462. The number of amides is 2. The van der Waals surface area contributed by atoms with Crippen LogP contribution in [-0.4, -0.2) is 63.4 Å². The van der Waals surface area contributed by atoms with E-state index in [4.69, 9.17) is 14.2 Å². The first kappa shape index (κ1) is 28.1. The molecule has 0 radical (unpaired) electrons. The van der Waals surface area contributed by atoms with Gasteiger partial charge in [0.05, 0.1) is 19.1 Å². The van der Waals surface area contributed by atoms with Crippen LogP contribution in [0, 0.1) is 0 Å². The largest absolute Gasteiger partial charge is 0.497 e. The minimum atomic E-state index is -3.85. The van der Waals surface area contributed by atoms with Crippen molar-refractivity contribution < 1.29 is 32.2 Å². The summed E-state index contributed by atoms with van der Waals surface area (Å²) in [6, 6.07) is 11.0. The number of carbonyl (C=O) groups excluding carboxylic acids is 2. The number of anilines is 1. The van der Waals surface area contributed by atoms with E-state index in [1.165, 1.54) is 11.0 Å². The van der Waals surface area contributed by atoms with Crippen LogP contribution in [0.2, 0.25) is 0 Å². The van der Waals surface area contributed by atoms with Gasteiger partial charge in [0.25, 0.3) is 0 Å². The lowest BCUT2D eigenvalue weighted by Gasteiger charge is -2.34. The highest BCUT2D eigenvalue weighted by Gasteiger charge is 2.33. The Kier molecular flexibility index (Phi) is 8.57. The molecule has 0 aliphatic carbocycles. The molecular formula is C26H35N3O7S. The zero-order valence-corrected chi connectivity index (χ0v) is 22.9. The third-order valence-corrected chi connectivity index (χ3v) is 6.86. The van der Waals surface area contributed by atoms with Gasteiger partial charge in [0.1, 0.15) is 18.3 Å². The zero-order valence-electron chi connectivity index (χ0n) is 22.1. The lowest BCUT2D eigenvalue weighted by molar-refractivity contribution is -0.141. The average Bonchev–Trinajstić information content (AvgIpc) is 3.28. The lowest BCUT2D eigenvalue weighted by atomic mass is 10.1. The molecule has 1 atom stereocenters. The Balaban J connectivity index is 1.95. The zero-order chi connectivity index (χ0) is 27.4. The maximum atomic E-state index is 13.8. The van der Waals surface area contributed by atoms with Gasteiger partial charge in [-0.05, 0) is 57.0 Å². The molecule has 2 aromatic rings. The standard InChI is InChI=1S/C26H35N3O7S/c1-7-21(25(31)27-26(2,3)4)28(15-18-8-11-20(34-5)12-9-18)24(30)16-29(37(6,32)33)19-10-13-22-23(14-19)36-17-35-22/h8-14,21H,7,15-17H2,1-6H3,(H,27,31)/t21-/m0/s1. The average molecular weight is 534 g/mol. The molecule has 0 bridgehead atoms. The molecule has 1 heterocycles. The number of nitrogens with one attached hydrogen (secondary N) is 1. The fourth-order valence-electron chi connectivity index (χ4n) is 3.95. The summed E-state index contributed by atoms with van der Waals surface area (Å²) in [4.78, 5) is 28.4. The summed E-state index contributed by atoms with van der Waals surface area (Å²) in [5.41, 5.74) is 0.520. The minimum Gasteiger partial charge on any atom is -0.497 e. The number of benzene rings is 2. The van der Waals surface area contributed by atoms with Crippen LogP contribution >= 0.6 is 0 Å². The van der Waals surface area contributed by atoms with Gasteiger partial charge in [-0.1, -0.05) is 19.1 Å². The van der Waals surface area contributed by atoms with Gasteiger partial charge < -0.3 is 24.4 Å². The fourth-order valence-corrected chi connectivity index (χ4v) is 4.80. The summed E-state index contributed by atoms with van der Waals surface area (Å²) in [7, 11) is -2.29. The predicted molar refractivity (Wildman–Crippen MR) is 140 cm³/mol. The van der Waals surface area contributed by atoms with Gasteiger partial charge in [0.2, 0.25) is 28.6 Å². The summed E-state index contributed by atoms with van der Waals surface area (Å²) in [5, 5.41) is 2.94. The van der Waals surface area contributed by atoms with E-state index in [0.29, 0.717) is 23.7 Å². The number of ether oxygens (including phenoxy) is 3. The smallest absolute Gasteiger partial charge is 0.244 e.